The number of aliphatic carboxylic acids is 1. The molecule has 3 rings (SSSR count). The van der Waals surface area contributed by atoms with E-state index in [1.54, 1.807) is 4.90 Å². The molecule has 1 aliphatic heterocycles. The summed E-state index contributed by atoms with van der Waals surface area (Å²) in [6.07, 6.45) is 1.74. The van der Waals surface area contributed by atoms with Gasteiger partial charge in [0.25, 0.3) is 0 Å². The Hall–Kier alpha value is -1.88. The normalized spacial score (nSPS) is 29.4. The minimum atomic E-state index is -1.00. The van der Waals surface area contributed by atoms with Crippen molar-refractivity contribution >= 4 is 17.6 Å². The van der Waals surface area contributed by atoms with Crippen molar-refractivity contribution in [3.63, 3.8) is 0 Å². The smallest absolute Gasteiger partial charge is 0.306 e. The van der Waals surface area contributed by atoms with E-state index in [2.05, 4.69) is 0 Å². The van der Waals surface area contributed by atoms with Crippen molar-refractivity contribution < 1.29 is 19.8 Å². The minimum Gasteiger partial charge on any atom is -0.481 e. The second-order valence-corrected chi connectivity index (χ2v) is 7.37. The van der Waals surface area contributed by atoms with Crippen molar-refractivity contribution in [2.24, 2.45) is 5.92 Å². The van der Waals surface area contributed by atoms with Crippen LogP contribution in [0, 0.1) is 5.92 Å². The molecule has 0 spiro atoms. The highest BCUT2D eigenvalue weighted by Crippen LogP contribution is 2.43. The third-order valence-corrected chi connectivity index (χ3v) is 5.37. The van der Waals surface area contributed by atoms with Crippen LogP contribution in [0.1, 0.15) is 45.1 Å². The minimum absolute atomic E-state index is 0.00696. The number of nitrogens with zero attached hydrogens (tertiary/aromatic N) is 1. The largest absolute Gasteiger partial charge is 0.481 e. The van der Waals surface area contributed by atoms with Crippen molar-refractivity contribution in [2.75, 3.05) is 11.4 Å². The van der Waals surface area contributed by atoms with Crippen LogP contribution in [0.4, 0.5) is 5.69 Å². The van der Waals surface area contributed by atoms with Gasteiger partial charge in [-0.1, -0.05) is 18.2 Å². The molecular formula is C18H23NO4. The molecule has 1 fully saturated rings. The third-order valence-electron chi connectivity index (χ3n) is 5.37. The van der Waals surface area contributed by atoms with Gasteiger partial charge in [-0.05, 0) is 51.2 Å². The summed E-state index contributed by atoms with van der Waals surface area (Å²) in [7, 11) is 0. The second-order valence-electron chi connectivity index (χ2n) is 7.37. The van der Waals surface area contributed by atoms with E-state index in [0.29, 0.717) is 25.7 Å². The predicted octanol–water partition coefficient (Wildman–Crippen LogP) is 2.32. The summed E-state index contributed by atoms with van der Waals surface area (Å²) >= 11 is 0. The number of aliphatic hydroxyl groups is 1. The van der Waals surface area contributed by atoms with Crippen LogP contribution in [0.2, 0.25) is 0 Å². The molecule has 1 heterocycles. The summed E-state index contributed by atoms with van der Waals surface area (Å²) in [6, 6.07) is 7.68. The highest BCUT2D eigenvalue weighted by atomic mass is 16.4. The molecule has 0 atom stereocenters. The molecule has 2 aliphatic rings. The lowest BCUT2D eigenvalue weighted by molar-refractivity contribution is -0.144. The van der Waals surface area contributed by atoms with Gasteiger partial charge in [-0.15, -0.1) is 0 Å². The topological polar surface area (TPSA) is 77.8 Å². The number of anilines is 1. The third kappa shape index (κ3) is 2.63. The number of hydrogen-bond donors (Lipinski definition) is 2. The number of β-amino-alcohol motifs (C(OH)–C–C–N with tert-alkyl or cyclic N) is 1. The first-order valence-electron chi connectivity index (χ1n) is 8.11. The number of para-hydroxylation sites is 1. The number of benzene rings is 1. The molecule has 0 radical (unpaired) electrons. The number of carbonyl (C=O) groups excluding carboxylic acids is 1. The van der Waals surface area contributed by atoms with Gasteiger partial charge < -0.3 is 15.1 Å². The number of carbonyl (C=O) groups is 2. The van der Waals surface area contributed by atoms with E-state index in [0.717, 1.165) is 11.3 Å². The Morgan fingerprint density at radius 3 is 2.48 bits per heavy atom. The van der Waals surface area contributed by atoms with Gasteiger partial charge in [0.15, 0.2) is 0 Å². The average molecular weight is 317 g/mol. The summed E-state index contributed by atoms with van der Waals surface area (Å²) in [4.78, 5) is 25.5. The number of carboxylic acids is 1. The maximum Gasteiger partial charge on any atom is 0.306 e. The highest BCUT2D eigenvalue weighted by molar-refractivity contribution is 6.07. The lowest BCUT2D eigenvalue weighted by atomic mass is 9.78. The summed E-state index contributed by atoms with van der Waals surface area (Å²) in [5.74, 6) is -1.18. The zero-order valence-electron chi connectivity index (χ0n) is 13.6. The Labute approximate surface area is 135 Å². The Morgan fingerprint density at radius 2 is 1.87 bits per heavy atom. The molecule has 0 bridgehead atoms. The summed E-state index contributed by atoms with van der Waals surface area (Å²) < 4.78 is 0. The molecule has 5 nitrogen and oxygen atoms in total. The zero-order valence-corrected chi connectivity index (χ0v) is 13.6. The van der Waals surface area contributed by atoms with Gasteiger partial charge in [0.05, 0.1) is 23.5 Å². The number of carboxylic acid groups (broad SMARTS) is 1. The van der Waals surface area contributed by atoms with E-state index < -0.39 is 17.0 Å². The first-order valence-corrected chi connectivity index (χ1v) is 8.11. The van der Waals surface area contributed by atoms with Crippen LogP contribution in [0.5, 0.6) is 0 Å². The molecule has 0 saturated heterocycles. The van der Waals surface area contributed by atoms with Gasteiger partial charge in [0.1, 0.15) is 0 Å². The molecule has 2 N–H and O–H groups in total. The standard InChI is InChI=1S/C18H23NO4/c1-17(2)13-5-3-4-6-14(13)19(16(17)22)11-18(23)9-7-12(8-10-18)15(20)21/h3-6,12,23H,7-11H2,1-2H3,(H,20,21). The molecule has 1 aliphatic carbocycles. The van der Waals surface area contributed by atoms with E-state index in [4.69, 9.17) is 5.11 Å². The molecular weight excluding hydrogens is 294 g/mol. The molecule has 5 heteroatoms. The molecule has 1 aromatic carbocycles. The molecule has 1 saturated carbocycles. The van der Waals surface area contributed by atoms with Gasteiger partial charge in [0, 0.05) is 5.69 Å². The number of amides is 1. The fraction of sp³-hybridized carbons (Fsp3) is 0.556. The zero-order chi connectivity index (χ0) is 16.8. The van der Waals surface area contributed by atoms with Crippen LogP contribution in [-0.4, -0.2) is 34.2 Å². The Kier molecular flexibility index (Phi) is 3.71. The highest BCUT2D eigenvalue weighted by Gasteiger charge is 2.47. The maximum atomic E-state index is 12.8. The Balaban J connectivity index is 1.81. The SMILES string of the molecule is CC1(C)C(=O)N(CC2(O)CCC(C(=O)O)CC2)c2ccccc21. The fourth-order valence-corrected chi connectivity index (χ4v) is 3.81. The van der Waals surface area contributed by atoms with Crippen LogP contribution < -0.4 is 4.90 Å². The first-order chi connectivity index (χ1) is 10.7. The van der Waals surface area contributed by atoms with E-state index in [1.165, 1.54) is 0 Å². The second kappa shape index (κ2) is 5.34. The first kappa shape index (κ1) is 16.0. The lowest BCUT2D eigenvalue weighted by Gasteiger charge is -2.37. The van der Waals surface area contributed by atoms with Gasteiger partial charge in [-0.2, -0.15) is 0 Å². The lowest BCUT2D eigenvalue weighted by Crippen LogP contribution is -2.49. The number of fused-ring (bicyclic) bond motifs is 1. The molecule has 1 aromatic rings. The van der Waals surface area contributed by atoms with E-state index in [-0.39, 0.29) is 18.4 Å². The molecule has 1 amide bonds. The van der Waals surface area contributed by atoms with Crippen molar-refractivity contribution in [1.82, 2.24) is 0 Å². The number of hydrogen-bond acceptors (Lipinski definition) is 3. The van der Waals surface area contributed by atoms with Gasteiger partial charge in [0.2, 0.25) is 5.91 Å². The monoisotopic (exact) mass is 317 g/mol. The van der Waals surface area contributed by atoms with E-state index in [9.17, 15) is 14.7 Å². The van der Waals surface area contributed by atoms with Crippen molar-refractivity contribution in [1.29, 1.82) is 0 Å². The Morgan fingerprint density at radius 1 is 1.26 bits per heavy atom. The van der Waals surface area contributed by atoms with E-state index >= 15 is 0 Å². The predicted molar refractivity (Wildman–Crippen MR) is 86.4 cm³/mol. The van der Waals surface area contributed by atoms with Gasteiger partial charge in [-0.25, -0.2) is 0 Å². The fourth-order valence-electron chi connectivity index (χ4n) is 3.81. The van der Waals surface area contributed by atoms with Crippen LogP contribution in [-0.2, 0) is 15.0 Å². The van der Waals surface area contributed by atoms with Crippen molar-refractivity contribution in [2.45, 2.75) is 50.5 Å². The number of rotatable bonds is 3. The van der Waals surface area contributed by atoms with Crippen molar-refractivity contribution in [3.8, 4) is 0 Å². The van der Waals surface area contributed by atoms with Gasteiger partial charge in [-0.3, -0.25) is 9.59 Å². The van der Waals surface area contributed by atoms with Crippen LogP contribution in [0.25, 0.3) is 0 Å². The maximum absolute atomic E-state index is 12.8. The molecule has 124 valence electrons. The molecule has 0 aromatic heterocycles. The molecule has 23 heavy (non-hydrogen) atoms. The summed E-state index contributed by atoms with van der Waals surface area (Å²) in [5, 5.41) is 19.9. The van der Waals surface area contributed by atoms with Crippen LogP contribution in [0.15, 0.2) is 24.3 Å². The average Bonchev–Trinajstić information content (AvgIpc) is 2.69. The Bertz CT molecular complexity index is 644. The van der Waals surface area contributed by atoms with Gasteiger partial charge >= 0.3 is 5.97 Å². The molecule has 0 unspecified atom stereocenters. The van der Waals surface area contributed by atoms with Crippen LogP contribution >= 0.6 is 0 Å². The summed E-state index contributed by atoms with van der Waals surface area (Å²) in [5.41, 5.74) is 0.240. The van der Waals surface area contributed by atoms with Crippen molar-refractivity contribution in [3.05, 3.63) is 29.8 Å². The summed E-state index contributed by atoms with van der Waals surface area (Å²) in [6.45, 7) is 4.04. The van der Waals surface area contributed by atoms with E-state index in [1.807, 2.05) is 38.1 Å². The van der Waals surface area contributed by atoms with Crippen LogP contribution in [0.3, 0.4) is 0 Å². The quantitative estimate of drug-likeness (QED) is 0.897.